The fourth-order valence-electron chi connectivity index (χ4n) is 4.77. The lowest BCUT2D eigenvalue weighted by atomic mass is 9.86. The maximum absolute atomic E-state index is 13.7. The van der Waals surface area contributed by atoms with Crippen molar-refractivity contribution in [2.45, 2.75) is 52.6 Å². The number of hydrogen-bond donors (Lipinski definition) is 2. The Morgan fingerprint density at radius 1 is 0.745 bits per heavy atom. The summed E-state index contributed by atoms with van der Waals surface area (Å²) < 4.78 is 57.0. The second kappa shape index (κ2) is 12.5. The Morgan fingerprint density at radius 3 is 1.91 bits per heavy atom. The van der Waals surface area contributed by atoms with Crippen LogP contribution >= 0.6 is 0 Å². The van der Waals surface area contributed by atoms with Gasteiger partial charge in [-0.1, -0.05) is 39.0 Å². The maximum Gasteiger partial charge on any atom is 0.418 e. The molecule has 0 unspecified atom stereocenters. The molecule has 14 heteroatoms. The number of sulfonamides is 2. The summed E-state index contributed by atoms with van der Waals surface area (Å²) in [5.41, 5.74) is 0.599. The third-order valence-corrected chi connectivity index (χ3v) is 10.1. The zero-order chi connectivity index (χ0) is 35.1. The number of ether oxygens (including phenoxy) is 1. The minimum absolute atomic E-state index is 0.0852. The lowest BCUT2D eigenvalue weighted by molar-refractivity contribution is 0.0544. The first-order valence-corrected chi connectivity index (χ1v) is 18.2. The Labute approximate surface area is 274 Å². The van der Waals surface area contributed by atoms with E-state index < -0.39 is 43.6 Å². The van der Waals surface area contributed by atoms with E-state index in [1.54, 1.807) is 75.5 Å². The summed E-state index contributed by atoms with van der Waals surface area (Å²) in [4.78, 5) is 39.8. The van der Waals surface area contributed by atoms with Crippen LogP contribution in [-0.2, 0) is 30.2 Å². The summed E-state index contributed by atoms with van der Waals surface area (Å²) >= 11 is 0. The zero-order valence-electron chi connectivity index (χ0n) is 27.4. The minimum atomic E-state index is -4.32. The molecule has 4 aromatic rings. The van der Waals surface area contributed by atoms with Crippen molar-refractivity contribution < 1.29 is 36.0 Å². The summed E-state index contributed by atoms with van der Waals surface area (Å²) in [6.45, 7) is 11.3. The average Bonchev–Trinajstić information content (AvgIpc) is 3.34. The van der Waals surface area contributed by atoms with Crippen molar-refractivity contribution >= 4 is 65.9 Å². The molecule has 0 atom stereocenters. The van der Waals surface area contributed by atoms with E-state index in [1.165, 1.54) is 10.6 Å². The molecule has 4 rings (SSSR count). The van der Waals surface area contributed by atoms with Crippen LogP contribution in [0.1, 0.15) is 67.8 Å². The van der Waals surface area contributed by atoms with Crippen molar-refractivity contribution in [1.82, 2.24) is 4.57 Å². The van der Waals surface area contributed by atoms with Crippen LogP contribution in [0.15, 0.2) is 72.9 Å². The molecule has 2 N–H and O–H groups in total. The van der Waals surface area contributed by atoms with Gasteiger partial charge in [-0.3, -0.25) is 14.2 Å². The Bertz CT molecular complexity index is 2060. The van der Waals surface area contributed by atoms with Gasteiger partial charge in [0.05, 0.1) is 35.0 Å². The lowest BCUT2D eigenvalue weighted by Crippen LogP contribution is -2.35. The highest BCUT2D eigenvalue weighted by Crippen LogP contribution is 2.30. The maximum atomic E-state index is 13.7. The molecule has 1 aromatic heterocycles. The molecule has 0 fully saturated rings. The van der Waals surface area contributed by atoms with Crippen molar-refractivity contribution in [3.63, 3.8) is 0 Å². The number of fused-ring (bicyclic) bond motifs is 1. The number of benzene rings is 3. The van der Waals surface area contributed by atoms with Gasteiger partial charge < -0.3 is 15.4 Å². The minimum Gasteiger partial charge on any atom is -0.443 e. The van der Waals surface area contributed by atoms with Gasteiger partial charge in [-0.05, 0) is 80.3 Å². The van der Waals surface area contributed by atoms with E-state index in [1.807, 2.05) is 20.8 Å². The molecule has 0 aliphatic carbocycles. The van der Waals surface area contributed by atoms with Crippen LogP contribution in [0.3, 0.4) is 0 Å². The number of carbonyl (C=O) groups excluding carboxylic acids is 3. The molecule has 250 valence electrons. The van der Waals surface area contributed by atoms with E-state index in [2.05, 4.69) is 10.6 Å². The topological polar surface area (TPSA) is 161 Å². The summed E-state index contributed by atoms with van der Waals surface area (Å²) in [5.74, 6) is -1.31. The standard InChI is InChI=1S/C33H38N4O8S2/c1-32(2,3)23-12-9-22(10-13-23)29(38)35-27-20-25(37(46(7,41)42)47(8,43)44)15-16-26(27)30(39)34-24-14-11-21-17-18-36(28(21)19-24)31(40)45-33(4,5)6/h9-20H,1-8H3,(H,34,39)(H,35,38). The van der Waals surface area contributed by atoms with Crippen LogP contribution in [0.5, 0.6) is 0 Å². The Hall–Kier alpha value is -4.69. The largest absolute Gasteiger partial charge is 0.443 e. The SMILES string of the molecule is CC(C)(C)OC(=O)n1ccc2ccc(NC(=O)c3ccc(N(S(C)(=O)=O)S(C)(=O)=O)cc3NC(=O)c3ccc(C(C)(C)C)cc3)cc21. The highest BCUT2D eigenvalue weighted by molar-refractivity contribution is 8.09. The van der Waals surface area contributed by atoms with Crippen molar-refractivity contribution in [2.24, 2.45) is 0 Å². The molecule has 2 amide bonds. The van der Waals surface area contributed by atoms with Gasteiger partial charge in [0.2, 0.25) is 20.0 Å². The first-order valence-electron chi connectivity index (χ1n) is 14.5. The van der Waals surface area contributed by atoms with Crippen LogP contribution in [-0.4, -0.2) is 57.4 Å². The molecular weight excluding hydrogens is 645 g/mol. The van der Waals surface area contributed by atoms with Gasteiger partial charge >= 0.3 is 6.09 Å². The number of hydrogen-bond acceptors (Lipinski definition) is 8. The normalized spacial score (nSPS) is 12.4. The van der Waals surface area contributed by atoms with Crippen LogP contribution in [0, 0.1) is 0 Å². The van der Waals surface area contributed by atoms with Gasteiger partial charge in [0, 0.05) is 22.8 Å². The second-order valence-electron chi connectivity index (χ2n) is 13.1. The Morgan fingerprint density at radius 2 is 1.36 bits per heavy atom. The molecule has 12 nitrogen and oxygen atoms in total. The van der Waals surface area contributed by atoms with Gasteiger partial charge in [-0.25, -0.2) is 21.6 Å². The summed E-state index contributed by atoms with van der Waals surface area (Å²) in [6, 6.07) is 16.9. The number of rotatable bonds is 7. The van der Waals surface area contributed by atoms with Gasteiger partial charge in [-0.2, -0.15) is 3.71 Å². The molecule has 0 saturated heterocycles. The van der Waals surface area contributed by atoms with E-state index in [0.29, 0.717) is 16.6 Å². The van der Waals surface area contributed by atoms with Crippen LogP contribution in [0.25, 0.3) is 10.9 Å². The van der Waals surface area contributed by atoms with E-state index in [9.17, 15) is 31.2 Å². The molecule has 0 aliphatic heterocycles. The molecule has 0 aliphatic rings. The Balaban J connectivity index is 1.74. The molecule has 3 aromatic carbocycles. The number of anilines is 3. The number of aromatic nitrogens is 1. The number of amides is 2. The molecule has 0 radical (unpaired) electrons. The highest BCUT2D eigenvalue weighted by atomic mass is 32.3. The summed E-state index contributed by atoms with van der Waals surface area (Å²) in [5, 5.41) is 6.09. The predicted molar refractivity (Wildman–Crippen MR) is 183 cm³/mol. The first-order chi connectivity index (χ1) is 21.5. The van der Waals surface area contributed by atoms with E-state index in [-0.39, 0.29) is 31.6 Å². The van der Waals surface area contributed by atoms with Crippen LogP contribution in [0.4, 0.5) is 21.9 Å². The molecule has 0 spiro atoms. The van der Waals surface area contributed by atoms with E-state index in [0.717, 1.165) is 30.2 Å². The quantitative estimate of drug-likeness (QED) is 0.242. The molecule has 0 bridgehead atoms. The van der Waals surface area contributed by atoms with Gasteiger partial charge in [-0.15, -0.1) is 0 Å². The first kappa shape index (κ1) is 35.2. The van der Waals surface area contributed by atoms with Gasteiger partial charge in [0.15, 0.2) is 0 Å². The van der Waals surface area contributed by atoms with E-state index >= 15 is 0 Å². The molecular formula is C33H38N4O8S2. The van der Waals surface area contributed by atoms with Gasteiger partial charge in [0.25, 0.3) is 11.8 Å². The zero-order valence-corrected chi connectivity index (χ0v) is 29.0. The van der Waals surface area contributed by atoms with E-state index in [4.69, 9.17) is 4.74 Å². The average molecular weight is 683 g/mol. The molecule has 0 saturated carbocycles. The smallest absolute Gasteiger partial charge is 0.418 e. The fourth-order valence-corrected chi connectivity index (χ4v) is 7.73. The van der Waals surface area contributed by atoms with Crippen molar-refractivity contribution in [3.8, 4) is 0 Å². The second-order valence-corrected chi connectivity index (χ2v) is 17.0. The highest BCUT2D eigenvalue weighted by Gasteiger charge is 2.29. The summed E-state index contributed by atoms with van der Waals surface area (Å²) in [7, 11) is -8.64. The molecule has 1 heterocycles. The molecule has 47 heavy (non-hydrogen) atoms. The number of nitrogens with one attached hydrogen (secondary N) is 2. The van der Waals surface area contributed by atoms with Crippen molar-refractivity contribution in [2.75, 3.05) is 26.9 Å². The number of nitrogens with zero attached hydrogens (tertiary/aromatic N) is 2. The van der Waals surface area contributed by atoms with Gasteiger partial charge in [0.1, 0.15) is 5.60 Å². The third kappa shape index (κ3) is 8.37. The fraction of sp³-hybridized carbons (Fsp3) is 0.303. The monoisotopic (exact) mass is 682 g/mol. The third-order valence-electron chi connectivity index (χ3n) is 6.86. The number of carbonyl (C=O) groups is 3. The van der Waals surface area contributed by atoms with Crippen LogP contribution < -0.4 is 14.3 Å². The lowest BCUT2D eigenvalue weighted by Gasteiger charge is -2.22. The van der Waals surface area contributed by atoms with Crippen molar-refractivity contribution in [1.29, 1.82) is 0 Å². The predicted octanol–water partition coefficient (Wildman–Crippen LogP) is 5.95. The Kier molecular flexibility index (Phi) is 9.35. The van der Waals surface area contributed by atoms with Crippen molar-refractivity contribution in [3.05, 3.63) is 89.6 Å². The summed E-state index contributed by atoms with van der Waals surface area (Å²) in [6.07, 6.45) is 2.41. The van der Waals surface area contributed by atoms with Crippen LogP contribution in [0.2, 0.25) is 0 Å².